The smallest absolute Gasteiger partial charge is 0.340 e. The van der Waals surface area contributed by atoms with Crippen molar-refractivity contribution < 1.29 is 29.1 Å². The van der Waals surface area contributed by atoms with Crippen LogP contribution in [0, 0.1) is 0 Å². The van der Waals surface area contributed by atoms with Crippen LogP contribution in [0.4, 0.5) is 0 Å². The van der Waals surface area contributed by atoms with E-state index < -0.39 is 11.9 Å². The number of aldehydes is 1. The maximum atomic E-state index is 11.5. The molecule has 0 atom stereocenters. The topological polar surface area (TPSA) is 164 Å². The molecule has 0 amide bonds. The van der Waals surface area contributed by atoms with Gasteiger partial charge < -0.3 is 14.7 Å². The Labute approximate surface area is 186 Å². The summed E-state index contributed by atoms with van der Waals surface area (Å²) in [5.41, 5.74) is 3.27. The lowest BCUT2D eigenvalue weighted by atomic mass is 10.1. The average Bonchev–Trinajstić information content (AvgIpc) is 3.40. The van der Waals surface area contributed by atoms with Gasteiger partial charge in [0.2, 0.25) is 0 Å². The minimum Gasteiger partial charge on any atom is -0.465 e. The van der Waals surface area contributed by atoms with Crippen LogP contribution in [0.25, 0.3) is 22.1 Å². The minimum absolute atomic E-state index is 0.302. The Bertz CT molecular complexity index is 1390. The fourth-order valence-corrected chi connectivity index (χ4v) is 3.04. The normalized spacial score (nSPS) is 10.8. The average molecular weight is 453 g/mol. The standard InChI is InChI=1S/C10H10N4O3.C10H9N3O3/c1-14-12-8-6(5-11-16)3-4-7(9(8)13-14)10(15)17-2;1-13-11-8-6(5-14)3-4-7(9(8)12-13)10(15)16-2/h3-5,16H,1-2H3;3-5H,1-2H3/b11-5+;. The zero-order valence-electron chi connectivity index (χ0n) is 18.1. The van der Waals surface area contributed by atoms with E-state index >= 15 is 0 Å². The predicted molar refractivity (Wildman–Crippen MR) is 114 cm³/mol. The van der Waals surface area contributed by atoms with Crippen molar-refractivity contribution >= 4 is 46.5 Å². The van der Waals surface area contributed by atoms with Gasteiger partial charge in [0.25, 0.3) is 0 Å². The molecular weight excluding hydrogens is 434 g/mol. The predicted octanol–water partition coefficient (Wildman–Crippen LogP) is 1.13. The van der Waals surface area contributed by atoms with Crippen LogP contribution >= 0.6 is 0 Å². The highest BCUT2D eigenvalue weighted by atomic mass is 16.5. The summed E-state index contributed by atoms with van der Waals surface area (Å²) < 4.78 is 9.28. The van der Waals surface area contributed by atoms with Gasteiger partial charge in [-0.2, -0.15) is 30.0 Å². The van der Waals surface area contributed by atoms with E-state index in [9.17, 15) is 14.4 Å². The molecule has 0 aliphatic heterocycles. The van der Waals surface area contributed by atoms with Gasteiger partial charge in [0, 0.05) is 25.2 Å². The molecule has 0 spiro atoms. The molecule has 4 aromatic rings. The lowest BCUT2D eigenvalue weighted by molar-refractivity contribution is 0.0593. The molecule has 0 radical (unpaired) electrons. The van der Waals surface area contributed by atoms with Crippen molar-refractivity contribution in [1.82, 2.24) is 30.0 Å². The molecule has 0 bridgehead atoms. The van der Waals surface area contributed by atoms with E-state index in [1.807, 2.05) is 0 Å². The number of methoxy groups -OCH3 is 2. The number of ether oxygens (including phenoxy) is 2. The quantitative estimate of drug-likeness (QED) is 0.156. The number of benzene rings is 2. The van der Waals surface area contributed by atoms with Crippen LogP contribution in [-0.4, -0.2) is 73.9 Å². The number of carbonyl (C=O) groups excluding carboxylic acids is 3. The molecule has 13 heteroatoms. The third kappa shape index (κ3) is 4.51. The lowest BCUT2D eigenvalue weighted by Gasteiger charge is -2.00. The molecule has 0 aliphatic carbocycles. The summed E-state index contributed by atoms with van der Waals surface area (Å²) >= 11 is 0. The first-order valence-corrected chi connectivity index (χ1v) is 9.31. The van der Waals surface area contributed by atoms with Gasteiger partial charge in [0.1, 0.15) is 22.1 Å². The fourth-order valence-electron chi connectivity index (χ4n) is 3.04. The number of esters is 2. The van der Waals surface area contributed by atoms with E-state index in [-0.39, 0.29) is 0 Å². The number of aromatic nitrogens is 6. The molecule has 0 unspecified atom stereocenters. The summed E-state index contributed by atoms with van der Waals surface area (Å²) in [6, 6.07) is 6.20. The monoisotopic (exact) mass is 453 g/mol. The third-order valence-electron chi connectivity index (χ3n) is 4.48. The van der Waals surface area contributed by atoms with Gasteiger partial charge in [-0.25, -0.2) is 9.59 Å². The number of fused-ring (bicyclic) bond motifs is 2. The molecule has 0 saturated heterocycles. The van der Waals surface area contributed by atoms with Crippen molar-refractivity contribution in [3.63, 3.8) is 0 Å². The second kappa shape index (κ2) is 9.64. The zero-order chi connectivity index (χ0) is 24.1. The Balaban J connectivity index is 0.000000186. The van der Waals surface area contributed by atoms with Crippen molar-refractivity contribution in [1.29, 1.82) is 0 Å². The summed E-state index contributed by atoms with van der Waals surface area (Å²) in [6.07, 6.45) is 1.91. The van der Waals surface area contributed by atoms with Gasteiger partial charge in [-0.1, -0.05) is 11.2 Å². The van der Waals surface area contributed by atoms with Gasteiger partial charge in [0.05, 0.1) is 31.6 Å². The summed E-state index contributed by atoms with van der Waals surface area (Å²) in [4.78, 5) is 36.4. The van der Waals surface area contributed by atoms with Crippen LogP contribution in [0.2, 0.25) is 0 Å². The maximum Gasteiger partial charge on any atom is 0.340 e. The Kier molecular flexibility index (Phi) is 6.71. The number of hydrogen-bond donors (Lipinski definition) is 1. The van der Waals surface area contributed by atoms with E-state index in [4.69, 9.17) is 5.21 Å². The summed E-state index contributed by atoms with van der Waals surface area (Å²) in [6.45, 7) is 0. The molecule has 4 rings (SSSR count). The summed E-state index contributed by atoms with van der Waals surface area (Å²) in [5.74, 6) is -0.981. The minimum atomic E-state index is -0.497. The molecule has 170 valence electrons. The first-order chi connectivity index (χ1) is 15.8. The second-order valence-corrected chi connectivity index (χ2v) is 6.52. The van der Waals surface area contributed by atoms with Gasteiger partial charge in [0.15, 0.2) is 6.29 Å². The first kappa shape index (κ1) is 23.0. The molecule has 1 N–H and O–H groups in total. The Morgan fingerprint density at radius 3 is 1.67 bits per heavy atom. The van der Waals surface area contributed by atoms with Crippen molar-refractivity contribution in [2.45, 2.75) is 0 Å². The third-order valence-corrected chi connectivity index (χ3v) is 4.48. The lowest BCUT2D eigenvalue weighted by Crippen LogP contribution is -2.03. The molecule has 2 aromatic carbocycles. The number of nitrogens with zero attached hydrogens (tertiary/aromatic N) is 7. The van der Waals surface area contributed by atoms with E-state index in [0.29, 0.717) is 50.6 Å². The highest BCUT2D eigenvalue weighted by Crippen LogP contribution is 2.20. The van der Waals surface area contributed by atoms with Gasteiger partial charge in [-0.3, -0.25) is 4.79 Å². The molecular formula is C20H19N7O6. The number of oxime groups is 1. The highest BCUT2D eigenvalue weighted by Gasteiger charge is 2.17. The molecule has 0 aliphatic rings. The molecule has 2 heterocycles. The van der Waals surface area contributed by atoms with Gasteiger partial charge >= 0.3 is 11.9 Å². The summed E-state index contributed by atoms with van der Waals surface area (Å²) in [7, 11) is 5.85. The molecule has 0 fully saturated rings. The van der Waals surface area contributed by atoms with Crippen molar-refractivity contribution in [2.24, 2.45) is 19.3 Å². The van der Waals surface area contributed by atoms with Crippen LogP contribution in [0.1, 0.15) is 36.6 Å². The Morgan fingerprint density at radius 1 is 0.818 bits per heavy atom. The van der Waals surface area contributed by atoms with Crippen LogP contribution in [-0.2, 0) is 23.6 Å². The van der Waals surface area contributed by atoms with E-state index in [2.05, 4.69) is 35.0 Å². The number of aryl methyl sites for hydroxylation is 2. The van der Waals surface area contributed by atoms with Crippen LogP contribution in [0.15, 0.2) is 29.4 Å². The zero-order valence-corrected chi connectivity index (χ0v) is 18.1. The van der Waals surface area contributed by atoms with Gasteiger partial charge in [-0.05, 0) is 18.2 Å². The fraction of sp³-hybridized carbons (Fsp3) is 0.200. The largest absolute Gasteiger partial charge is 0.465 e. The van der Waals surface area contributed by atoms with Crippen LogP contribution in [0.5, 0.6) is 0 Å². The molecule has 33 heavy (non-hydrogen) atoms. The highest BCUT2D eigenvalue weighted by molar-refractivity contribution is 6.07. The molecule has 0 saturated carbocycles. The summed E-state index contributed by atoms with van der Waals surface area (Å²) in [5, 5.41) is 27.7. The Morgan fingerprint density at radius 2 is 1.24 bits per heavy atom. The van der Waals surface area contributed by atoms with Crippen LogP contribution in [0.3, 0.4) is 0 Å². The first-order valence-electron chi connectivity index (χ1n) is 9.31. The van der Waals surface area contributed by atoms with E-state index in [1.165, 1.54) is 42.2 Å². The van der Waals surface area contributed by atoms with E-state index in [1.54, 1.807) is 26.2 Å². The SMILES string of the molecule is COC(=O)c1ccc(/C=N/O)c2nn(C)nc12.COC(=O)c1ccc(C=O)c2nn(C)nc12. The van der Waals surface area contributed by atoms with Crippen molar-refractivity contribution in [2.75, 3.05) is 14.2 Å². The van der Waals surface area contributed by atoms with Crippen molar-refractivity contribution in [3.8, 4) is 0 Å². The van der Waals surface area contributed by atoms with E-state index in [0.717, 1.165) is 0 Å². The number of carbonyl (C=O) groups is 3. The van der Waals surface area contributed by atoms with Crippen molar-refractivity contribution in [3.05, 3.63) is 46.5 Å². The van der Waals surface area contributed by atoms with Gasteiger partial charge in [-0.15, -0.1) is 0 Å². The maximum absolute atomic E-state index is 11.5. The molecule has 13 nitrogen and oxygen atoms in total. The Hall–Kier alpha value is -4.68. The molecule has 2 aromatic heterocycles. The second-order valence-electron chi connectivity index (χ2n) is 6.52. The number of hydrogen-bond acceptors (Lipinski definition) is 11. The number of rotatable bonds is 4. The van der Waals surface area contributed by atoms with Crippen LogP contribution < -0.4 is 0 Å².